The van der Waals surface area contributed by atoms with Crippen molar-refractivity contribution in [2.24, 2.45) is 0 Å². The third kappa shape index (κ3) is 6.58. The highest BCUT2D eigenvalue weighted by molar-refractivity contribution is 7.88. The summed E-state index contributed by atoms with van der Waals surface area (Å²) >= 11 is 0. The maximum Gasteiger partial charge on any atom is 0.416 e. The molecule has 0 aliphatic carbocycles. The smallest absolute Gasteiger partial charge is 0.355 e. The number of nitrogens with zero attached hydrogens (tertiary/aromatic N) is 2. The molecular formula is C24H23F3N4O3S. The van der Waals surface area contributed by atoms with Crippen molar-refractivity contribution in [1.82, 2.24) is 9.71 Å². The van der Waals surface area contributed by atoms with Gasteiger partial charge < -0.3 is 10.2 Å². The third-order valence-corrected chi connectivity index (χ3v) is 6.26. The average Bonchev–Trinajstić information content (AvgIpc) is 3.24. The lowest BCUT2D eigenvalue weighted by Gasteiger charge is -2.18. The van der Waals surface area contributed by atoms with E-state index in [4.69, 9.17) is 0 Å². The van der Waals surface area contributed by atoms with Crippen LogP contribution in [0.15, 0.2) is 60.7 Å². The van der Waals surface area contributed by atoms with Gasteiger partial charge in [0.2, 0.25) is 15.9 Å². The number of hydrogen-bond acceptors (Lipinski definition) is 5. The fourth-order valence-electron chi connectivity index (χ4n) is 3.88. The monoisotopic (exact) mass is 504 g/mol. The van der Waals surface area contributed by atoms with E-state index >= 15 is 0 Å². The lowest BCUT2D eigenvalue weighted by Crippen LogP contribution is -2.36. The number of carbonyl (C=O) groups excluding carboxylic acids is 1. The molecule has 2 aromatic carbocycles. The van der Waals surface area contributed by atoms with Crippen LogP contribution in [0, 0.1) is 0 Å². The lowest BCUT2D eigenvalue weighted by atomic mass is 10.1. The molecule has 2 N–H and O–H groups in total. The maximum atomic E-state index is 12.6. The topological polar surface area (TPSA) is 91.4 Å². The van der Waals surface area contributed by atoms with Crippen molar-refractivity contribution in [2.45, 2.75) is 18.6 Å². The number of aromatic nitrogens is 1. The predicted molar refractivity (Wildman–Crippen MR) is 129 cm³/mol. The van der Waals surface area contributed by atoms with Crippen LogP contribution in [0.4, 0.5) is 24.7 Å². The number of benzene rings is 2. The van der Waals surface area contributed by atoms with Crippen molar-refractivity contribution < 1.29 is 26.4 Å². The summed E-state index contributed by atoms with van der Waals surface area (Å²) in [6, 6.07) is 13.3. The first-order valence-corrected chi connectivity index (χ1v) is 12.6. The zero-order valence-corrected chi connectivity index (χ0v) is 19.5. The molecule has 4 rings (SSSR count). The number of sulfonamides is 1. The minimum Gasteiger partial charge on any atom is -0.355 e. The van der Waals surface area contributed by atoms with Crippen molar-refractivity contribution in [3.05, 3.63) is 71.8 Å². The lowest BCUT2D eigenvalue weighted by molar-refractivity contribution is -0.137. The van der Waals surface area contributed by atoms with E-state index in [0.717, 1.165) is 35.1 Å². The molecule has 1 atom stereocenters. The van der Waals surface area contributed by atoms with Crippen molar-refractivity contribution in [3.8, 4) is 0 Å². The van der Waals surface area contributed by atoms with E-state index in [1.54, 1.807) is 18.2 Å². The van der Waals surface area contributed by atoms with E-state index in [1.165, 1.54) is 24.3 Å². The molecule has 0 bridgehead atoms. The number of halogens is 3. The van der Waals surface area contributed by atoms with Crippen LogP contribution in [0.25, 0.3) is 17.0 Å². The summed E-state index contributed by atoms with van der Waals surface area (Å²) in [4.78, 5) is 18.9. The summed E-state index contributed by atoms with van der Waals surface area (Å²) in [5.41, 5.74) is 0.995. The van der Waals surface area contributed by atoms with Crippen LogP contribution in [0.2, 0.25) is 0 Å². The molecule has 1 fully saturated rings. The summed E-state index contributed by atoms with van der Waals surface area (Å²) < 4.78 is 63.5. The molecule has 11 heteroatoms. The Morgan fingerprint density at radius 2 is 1.86 bits per heavy atom. The molecule has 184 valence electrons. The van der Waals surface area contributed by atoms with Gasteiger partial charge in [-0.05, 0) is 60.5 Å². The number of hydrogen-bond donors (Lipinski definition) is 2. The zero-order chi connectivity index (χ0) is 25.2. The second-order valence-electron chi connectivity index (χ2n) is 8.34. The highest BCUT2D eigenvalue weighted by atomic mass is 32.2. The number of anilines is 2. The molecule has 7 nitrogen and oxygen atoms in total. The minimum atomic E-state index is -4.41. The van der Waals surface area contributed by atoms with E-state index in [2.05, 4.69) is 15.0 Å². The number of alkyl halides is 3. The molecule has 0 saturated carbocycles. The summed E-state index contributed by atoms with van der Waals surface area (Å²) in [5, 5.41) is 3.54. The van der Waals surface area contributed by atoms with Gasteiger partial charge in [0.15, 0.2) is 0 Å². The van der Waals surface area contributed by atoms with Crippen molar-refractivity contribution >= 4 is 44.4 Å². The van der Waals surface area contributed by atoms with Crippen LogP contribution in [0.1, 0.15) is 17.5 Å². The van der Waals surface area contributed by atoms with Gasteiger partial charge in [0, 0.05) is 36.3 Å². The highest BCUT2D eigenvalue weighted by Crippen LogP contribution is 2.29. The Kier molecular flexibility index (Phi) is 6.82. The molecule has 3 aromatic rings. The SMILES string of the molecule is CS(=O)(=O)NC1CCN(c2ccc3cc(NC(=O)C=Cc4ccc(C(F)(F)F)cc4)ccc3n2)C1. The predicted octanol–water partition coefficient (Wildman–Crippen LogP) is 4.03. The molecule has 1 aliphatic heterocycles. The maximum absolute atomic E-state index is 12.6. The Labute approximate surface area is 200 Å². The molecule has 35 heavy (non-hydrogen) atoms. The van der Waals surface area contributed by atoms with E-state index in [1.807, 2.05) is 17.0 Å². The van der Waals surface area contributed by atoms with Crippen molar-refractivity contribution in [3.63, 3.8) is 0 Å². The van der Waals surface area contributed by atoms with Crippen LogP contribution >= 0.6 is 0 Å². The molecule has 0 spiro atoms. The molecule has 2 heterocycles. The molecule has 1 aromatic heterocycles. The van der Waals surface area contributed by atoms with E-state index in [0.29, 0.717) is 30.8 Å². The number of pyridine rings is 1. The Hall–Kier alpha value is -3.44. The summed E-state index contributed by atoms with van der Waals surface area (Å²) in [6.07, 6.45) is 0.120. The van der Waals surface area contributed by atoms with Crippen LogP contribution in [-0.2, 0) is 21.0 Å². The number of amides is 1. The Morgan fingerprint density at radius 1 is 1.11 bits per heavy atom. The standard InChI is InChI=1S/C24H23F3N4O3S/c1-35(33,34)30-20-12-13-31(15-20)22-10-5-17-14-19(8-9-21(17)29-22)28-23(32)11-4-16-2-6-18(7-3-16)24(25,26)27/h2-11,14,20,30H,12-13,15H2,1H3,(H,28,32). The quantitative estimate of drug-likeness (QED) is 0.495. The molecule has 1 saturated heterocycles. The molecule has 1 aliphatic rings. The van der Waals surface area contributed by atoms with Gasteiger partial charge in [-0.1, -0.05) is 12.1 Å². The fourth-order valence-corrected chi connectivity index (χ4v) is 4.67. The minimum absolute atomic E-state index is 0.157. The molecule has 1 amide bonds. The first-order valence-electron chi connectivity index (χ1n) is 10.8. The van der Waals surface area contributed by atoms with Crippen molar-refractivity contribution in [1.29, 1.82) is 0 Å². The van der Waals surface area contributed by atoms with Gasteiger partial charge in [-0.3, -0.25) is 4.79 Å². The fraction of sp³-hybridized carbons (Fsp3) is 0.250. The van der Waals surface area contributed by atoms with Crippen LogP contribution in [0.3, 0.4) is 0 Å². The number of nitrogens with one attached hydrogen (secondary N) is 2. The number of fused-ring (bicyclic) bond motifs is 1. The van der Waals surface area contributed by atoms with E-state index in [-0.39, 0.29) is 6.04 Å². The largest absolute Gasteiger partial charge is 0.416 e. The second-order valence-corrected chi connectivity index (χ2v) is 10.1. The summed E-state index contributed by atoms with van der Waals surface area (Å²) in [5.74, 6) is 0.321. The number of rotatable bonds is 6. The third-order valence-electron chi connectivity index (χ3n) is 5.50. The van der Waals surface area contributed by atoms with Crippen LogP contribution in [-0.4, -0.2) is 44.7 Å². The van der Waals surface area contributed by atoms with E-state index < -0.39 is 27.7 Å². The summed E-state index contributed by atoms with van der Waals surface area (Å²) in [7, 11) is -3.27. The first-order chi connectivity index (χ1) is 16.5. The van der Waals surface area contributed by atoms with Crippen molar-refractivity contribution in [2.75, 3.05) is 29.6 Å². The Balaban J connectivity index is 1.39. The average molecular weight is 505 g/mol. The van der Waals surface area contributed by atoms with Gasteiger partial charge in [0.05, 0.1) is 17.3 Å². The number of carbonyl (C=O) groups is 1. The first kappa shape index (κ1) is 24.7. The van der Waals surface area contributed by atoms with Crippen LogP contribution < -0.4 is 14.9 Å². The second kappa shape index (κ2) is 9.67. The highest BCUT2D eigenvalue weighted by Gasteiger charge is 2.29. The van der Waals surface area contributed by atoms with Gasteiger partial charge in [-0.2, -0.15) is 13.2 Å². The van der Waals surface area contributed by atoms with Crippen LogP contribution in [0.5, 0.6) is 0 Å². The molecular weight excluding hydrogens is 481 g/mol. The zero-order valence-electron chi connectivity index (χ0n) is 18.7. The molecule has 1 unspecified atom stereocenters. The van der Waals surface area contributed by atoms with Gasteiger partial charge in [-0.25, -0.2) is 18.1 Å². The molecule has 0 radical (unpaired) electrons. The Bertz CT molecular complexity index is 1370. The summed E-state index contributed by atoms with van der Waals surface area (Å²) in [6.45, 7) is 1.22. The Morgan fingerprint density at radius 3 is 2.54 bits per heavy atom. The van der Waals surface area contributed by atoms with Gasteiger partial charge in [-0.15, -0.1) is 0 Å². The van der Waals surface area contributed by atoms with Gasteiger partial charge in [0.1, 0.15) is 5.82 Å². The van der Waals surface area contributed by atoms with E-state index in [9.17, 15) is 26.4 Å². The van der Waals surface area contributed by atoms with Gasteiger partial charge >= 0.3 is 6.18 Å². The normalized spacial score (nSPS) is 16.8. The van der Waals surface area contributed by atoms with Gasteiger partial charge in [0.25, 0.3) is 0 Å².